The monoisotopic (exact) mass is 370 g/mol. The minimum Gasteiger partial charge on any atom is -0.355 e. The van der Waals surface area contributed by atoms with Gasteiger partial charge in [-0.1, -0.05) is 32.6 Å². The van der Waals surface area contributed by atoms with Crippen LogP contribution in [0.4, 0.5) is 5.82 Å². The number of anilines is 1. The molecule has 27 heavy (non-hydrogen) atoms. The molecular weight excluding hydrogens is 336 g/mol. The Morgan fingerprint density at radius 3 is 2.70 bits per heavy atom. The van der Waals surface area contributed by atoms with E-state index in [0.29, 0.717) is 11.9 Å². The van der Waals surface area contributed by atoms with Gasteiger partial charge in [0.25, 0.3) is 0 Å². The second-order valence-electron chi connectivity index (χ2n) is 8.86. The zero-order valence-electron chi connectivity index (χ0n) is 17.0. The zero-order valence-corrected chi connectivity index (χ0v) is 17.0. The van der Waals surface area contributed by atoms with Gasteiger partial charge in [-0.3, -0.25) is 4.79 Å². The average Bonchev–Trinajstić information content (AvgIpc) is 3.10. The zero-order chi connectivity index (χ0) is 18.9. The largest absolute Gasteiger partial charge is 0.355 e. The van der Waals surface area contributed by atoms with Gasteiger partial charge >= 0.3 is 0 Å². The first kappa shape index (κ1) is 18.7. The van der Waals surface area contributed by atoms with Crippen molar-refractivity contribution in [2.24, 2.45) is 5.41 Å². The molecule has 1 amide bonds. The van der Waals surface area contributed by atoms with Crippen LogP contribution in [0.2, 0.25) is 0 Å². The summed E-state index contributed by atoms with van der Waals surface area (Å²) in [5.41, 5.74) is 0.944. The van der Waals surface area contributed by atoms with Crippen molar-refractivity contribution in [3.63, 3.8) is 0 Å². The summed E-state index contributed by atoms with van der Waals surface area (Å²) in [6, 6.07) is 2.64. The maximum Gasteiger partial charge on any atom is 0.230 e. The fourth-order valence-corrected chi connectivity index (χ4v) is 5.45. The molecule has 2 aliphatic heterocycles. The minimum atomic E-state index is -0.181. The summed E-state index contributed by atoms with van der Waals surface area (Å²) in [6.45, 7) is 6.90. The third-order valence-corrected chi connectivity index (χ3v) is 6.85. The molecule has 3 aliphatic rings. The number of piperidine rings is 1. The van der Waals surface area contributed by atoms with Gasteiger partial charge in [-0.05, 0) is 45.4 Å². The van der Waals surface area contributed by atoms with Crippen LogP contribution in [0.5, 0.6) is 0 Å². The maximum absolute atomic E-state index is 13.5. The third kappa shape index (κ3) is 3.70. The van der Waals surface area contributed by atoms with Gasteiger partial charge in [0.2, 0.25) is 5.91 Å². The van der Waals surface area contributed by atoms with Crippen LogP contribution in [0.25, 0.3) is 0 Å². The Labute approximate surface area is 163 Å². The first-order valence-electron chi connectivity index (χ1n) is 11.0. The lowest BCUT2D eigenvalue weighted by molar-refractivity contribution is -0.148. The number of carbonyl (C=O) groups is 1. The number of aryl methyl sites for hydroxylation is 2. The van der Waals surface area contributed by atoms with Gasteiger partial charge in [0.15, 0.2) is 0 Å². The molecule has 1 aromatic rings. The fraction of sp³-hybridized carbons (Fsp3) is 0.773. The Kier molecular flexibility index (Phi) is 5.38. The van der Waals surface area contributed by atoms with E-state index >= 15 is 0 Å². The first-order valence-corrected chi connectivity index (χ1v) is 11.0. The predicted octanol–water partition coefficient (Wildman–Crippen LogP) is 3.89. The average molecular weight is 371 g/mol. The summed E-state index contributed by atoms with van der Waals surface area (Å²) in [5, 5.41) is 0. The van der Waals surface area contributed by atoms with Crippen LogP contribution in [0.1, 0.15) is 76.2 Å². The van der Waals surface area contributed by atoms with Crippen molar-refractivity contribution in [2.75, 3.05) is 24.5 Å². The highest BCUT2D eigenvalue weighted by Gasteiger charge is 2.49. The third-order valence-electron chi connectivity index (χ3n) is 6.85. The molecule has 0 aromatic carbocycles. The lowest BCUT2D eigenvalue weighted by Gasteiger charge is -2.44. The van der Waals surface area contributed by atoms with Gasteiger partial charge in [-0.25, -0.2) is 9.97 Å². The standard InChI is InChI=1S/C22H34N4O/c1-3-8-18-15-20(24-17(2)23-18)25-14-12-22(16-25)11-7-13-26(21(22)27)19-9-5-4-6-10-19/h15,19H,3-14,16H2,1-2H3/t22-/m0/s1. The van der Waals surface area contributed by atoms with E-state index in [1.165, 1.54) is 32.1 Å². The maximum atomic E-state index is 13.5. The molecule has 1 atom stereocenters. The number of hydrogen-bond donors (Lipinski definition) is 0. The van der Waals surface area contributed by atoms with Crippen LogP contribution in [0.15, 0.2) is 6.07 Å². The molecule has 2 saturated heterocycles. The van der Waals surface area contributed by atoms with Crippen molar-refractivity contribution in [3.05, 3.63) is 17.6 Å². The van der Waals surface area contributed by atoms with Gasteiger partial charge in [-0.15, -0.1) is 0 Å². The van der Waals surface area contributed by atoms with Crippen molar-refractivity contribution in [3.8, 4) is 0 Å². The van der Waals surface area contributed by atoms with Crippen LogP contribution in [0, 0.1) is 12.3 Å². The van der Waals surface area contributed by atoms with Gasteiger partial charge in [0.05, 0.1) is 5.41 Å². The molecule has 3 fully saturated rings. The summed E-state index contributed by atoms with van der Waals surface area (Å²) < 4.78 is 0. The Balaban J connectivity index is 1.51. The van der Waals surface area contributed by atoms with Gasteiger partial charge in [0, 0.05) is 37.4 Å². The normalized spacial score (nSPS) is 27.0. The van der Waals surface area contributed by atoms with Crippen LogP contribution in [-0.2, 0) is 11.2 Å². The second kappa shape index (κ2) is 7.76. The van der Waals surface area contributed by atoms with Crippen molar-refractivity contribution in [2.45, 2.75) is 84.1 Å². The Morgan fingerprint density at radius 1 is 1.11 bits per heavy atom. The molecule has 0 N–H and O–H groups in total. The van der Waals surface area contributed by atoms with Crippen LogP contribution in [0.3, 0.4) is 0 Å². The van der Waals surface area contributed by atoms with E-state index in [1.54, 1.807) is 0 Å². The number of carbonyl (C=O) groups excluding carboxylic acids is 1. The summed E-state index contributed by atoms with van der Waals surface area (Å²) in [6.07, 6.45) is 11.6. The van der Waals surface area contributed by atoms with Crippen LogP contribution < -0.4 is 4.90 Å². The summed E-state index contributed by atoms with van der Waals surface area (Å²) >= 11 is 0. The van der Waals surface area contributed by atoms with Gasteiger partial charge in [-0.2, -0.15) is 0 Å². The van der Waals surface area contributed by atoms with E-state index in [2.05, 4.69) is 27.8 Å². The number of aromatic nitrogens is 2. The molecule has 1 saturated carbocycles. The van der Waals surface area contributed by atoms with E-state index in [9.17, 15) is 4.79 Å². The lowest BCUT2D eigenvalue weighted by atomic mass is 9.77. The van der Waals surface area contributed by atoms with E-state index < -0.39 is 0 Å². The van der Waals surface area contributed by atoms with E-state index in [-0.39, 0.29) is 5.41 Å². The molecule has 0 bridgehead atoms. The molecule has 0 radical (unpaired) electrons. The smallest absolute Gasteiger partial charge is 0.230 e. The molecule has 5 nitrogen and oxygen atoms in total. The van der Waals surface area contributed by atoms with Crippen LogP contribution >= 0.6 is 0 Å². The molecule has 1 aromatic heterocycles. The van der Waals surface area contributed by atoms with Crippen molar-refractivity contribution < 1.29 is 4.79 Å². The fourth-order valence-electron chi connectivity index (χ4n) is 5.45. The van der Waals surface area contributed by atoms with E-state index in [4.69, 9.17) is 4.98 Å². The number of nitrogens with zero attached hydrogens (tertiary/aromatic N) is 4. The lowest BCUT2D eigenvalue weighted by Crippen LogP contribution is -2.54. The van der Waals surface area contributed by atoms with Crippen LogP contribution in [-0.4, -0.2) is 46.5 Å². The van der Waals surface area contributed by atoms with Crippen molar-refractivity contribution >= 4 is 11.7 Å². The summed E-state index contributed by atoms with van der Waals surface area (Å²) in [7, 11) is 0. The molecule has 0 unspecified atom stereocenters. The quantitative estimate of drug-likeness (QED) is 0.807. The molecule has 3 heterocycles. The van der Waals surface area contributed by atoms with E-state index in [0.717, 1.165) is 69.1 Å². The van der Waals surface area contributed by atoms with Crippen molar-refractivity contribution in [1.29, 1.82) is 0 Å². The van der Waals surface area contributed by atoms with Gasteiger partial charge in [0.1, 0.15) is 11.6 Å². The second-order valence-corrected chi connectivity index (χ2v) is 8.86. The van der Waals surface area contributed by atoms with Gasteiger partial charge < -0.3 is 9.80 Å². The molecule has 5 heteroatoms. The highest BCUT2D eigenvalue weighted by Crippen LogP contribution is 2.43. The summed E-state index contributed by atoms with van der Waals surface area (Å²) in [4.78, 5) is 27.4. The number of hydrogen-bond acceptors (Lipinski definition) is 4. The number of rotatable bonds is 4. The Hall–Kier alpha value is -1.65. The molecule has 1 aliphatic carbocycles. The predicted molar refractivity (Wildman–Crippen MR) is 108 cm³/mol. The highest BCUT2D eigenvalue weighted by molar-refractivity contribution is 5.85. The highest BCUT2D eigenvalue weighted by atomic mass is 16.2. The molecule has 148 valence electrons. The molecule has 1 spiro atoms. The topological polar surface area (TPSA) is 49.3 Å². The molecule has 4 rings (SSSR count). The molecular formula is C22H34N4O. The Bertz CT molecular complexity index is 685. The Morgan fingerprint density at radius 2 is 1.93 bits per heavy atom. The SMILES string of the molecule is CCCc1cc(N2CC[C@@]3(CCCN(C4CCCCC4)C3=O)C2)nc(C)n1. The number of likely N-dealkylation sites (tertiary alicyclic amines) is 1. The minimum absolute atomic E-state index is 0.181. The van der Waals surface area contributed by atoms with E-state index in [1.807, 2.05) is 6.92 Å². The number of amides is 1. The summed E-state index contributed by atoms with van der Waals surface area (Å²) in [5.74, 6) is 2.30. The van der Waals surface area contributed by atoms with Crippen molar-refractivity contribution in [1.82, 2.24) is 14.9 Å². The first-order chi connectivity index (χ1) is 13.1.